The van der Waals surface area contributed by atoms with Crippen molar-refractivity contribution >= 4 is 18.8 Å². The summed E-state index contributed by atoms with van der Waals surface area (Å²) < 4.78 is 20.2. The van der Waals surface area contributed by atoms with Crippen LogP contribution < -0.4 is 78.9 Å². The van der Waals surface area contributed by atoms with Crippen molar-refractivity contribution in [1.29, 1.82) is 0 Å². The Morgan fingerprint density at radius 1 is 1.04 bits per heavy atom. The molecule has 0 bridgehead atoms. The number of aromatic hydroxyl groups is 2. The Morgan fingerprint density at radius 2 is 1.65 bits per heavy atom. The molecule has 0 radical (unpaired) electrons. The van der Waals surface area contributed by atoms with Gasteiger partial charge in [-0.05, 0) is 0 Å². The van der Waals surface area contributed by atoms with Crippen LogP contribution >= 0.6 is 7.82 Å². The van der Waals surface area contributed by atoms with Gasteiger partial charge in [-0.3, -0.25) is 4.79 Å². The van der Waals surface area contributed by atoms with Gasteiger partial charge in [0.1, 0.15) is 24.6 Å². The van der Waals surface area contributed by atoms with Crippen molar-refractivity contribution in [1.82, 2.24) is 0 Å². The van der Waals surface area contributed by atoms with E-state index in [1.165, 1.54) is 0 Å². The van der Waals surface area contributed by atoms with Gasteiger partial charge in [-0.25, -0.2) is 0 Å². The van der Waals surface area contributed by atoms with Gasteiger partial charge in [-0.2, -0.15) is 0 Å². The van der Waals surface area contributed by atoms with E-state index in [0.29, 0.717) is 5.56 Å². The molecule has 8 nitrogen and oxygen atoms in total. The maximum Gasteiger partial charge on any atom is 1.00 e. The van der Waals surface area contributed by atoms with Gasteiger partial charge in [0.25, 0.3) is 0 Å². The minimum atomic E-state index is -5.54. The van der Waals surface area contributed by atoms with E-state index in [1.807, 2.05) is 0 Å². The van der Waals surface area contributed by atoms with Crippen molar-refractivity contribution in [3.63, 3.8) is 0 Å². The van der Waals surface area contributed by atoms with Crippen LogP contribution in [0.5, 0.6) is 17.2 Å². The second kappa shape index (κ2) is 8.93. The van der Waals surface area contributed by atoms with Crippen molar-refractivity contribution in [3.05, 3.63) is 52.7 Å². The fraction of sp³-hybridized carbons (Fsp3) is 0. The largest absolute Gasteiger partial charge is 1.00 e. The molecule has 0 saturated heterocycles. The van der Waals surface area contributed by atoms with Gasteiger partial charge < -0.3 is 33.5 Å². The second-order valence-electron chi connectivity index (χ2n) is 4.83. The van der Waals surface area contributed by atoms with Gasteiger partial charge in [0, 0.05) is 17.7 Å². The smallest absolute Gasteiger partial charge is 0.780 e. The average Bonchev–Trinajstić information content (AvgIpc) is 2.50. The van der Waals surface area contributed by atoms with Gasteiger partial charge in [-0.15, -0.1) is 0 Å². The molecule has 0 saturated carbocycles. The molecule has 0 unspecified atom stereocenters. The molecule has 0 aliphatic rings. The third kappa shape index (κ3) is 4.92. The second-order valence-corrected chi connectivity index (χ2v) is 5.90. The number of phenolic OH excluding ortho intramolecular Hbond substituents is 2. The molecule has 2 aromatic carbocycles. The Labute approximate surface area is 191 Å². The third-order valence-corrected chi connectivity index (χ3v) is 3.59. The van der Waals surface area contributed by atoms with Crippen molar-refractivity contribution in [3.8, 4) is 28.6 Å². The minimum absolute atomic E-state index is 0. The Hall–Kier alpha value is -0.800. The Balaban J connectivity index is 0.00000169. The van der Waals surface area contributed by atoms with Crippen LogP contribution in [0.1, 0.15) is 0 Å². The van der Waals surface area contributed by atoms with Gasteiger partial charge in [0.05, 0.1) is 0 Å². The van der Waals surface area contributed by atoms with Crippen LogP contribution in [0.3, 0.4) is 0 Å². The van der Waals surface area contributed by atoms with E-state index in [0.717, 1.165) is 12.1 Å². The zero-order valence-corrected chi connectivity index (χ0v) is 18.7. The summed E-state index contributed by atoms with van der Waals surface area (Å²) in [5.74, 6) is -2.69. The standard InChI is InChI=1S/C15H11O8P.2Na/c16-9-6-11(8-4-2-1-3-5-8)22-12-7-10(17)15(14(18)13(9)12)23-24(19,20)21;;/h1-7,17-18H,(H2,19,20,21);;/q;2*+1/p-2. The number of hydrogen-bond donors (Lipinski definition) is 2. The summed E-state index contributed by atoms with van der Waals surface area (Å²) in [6, 6.07) is 10.6. The number of phosphoric ester groups is 1. The molecule has 0 aliphatic carbocycles. The zero-order chi connectivity index (χ0) is 17.5. The van der Waals surface area contributed by atoms with Gasteiger partial charge in [0.2, 0.25) is 5.75 Å². The van der Waals surface area contributed by atoms with E-state index in [2.05, 4.69) is 4.52 Å². The van der Waals surface area contributed by atoms with Crippen LogP contribution in [0.4, 0.5) is 0 Å². The molecule has 1 aromatic heterocycles. The van der Waals surface area contributed by atoms with E-state index in [9.17, 15) is 29.4 Å². The summed E-state index contributed by atoms with van der Waals surface area (Å²) in [6.07, 6.45) is 0. The summed E-state index contributed by atoms with van der Waals surface area (Å²) in [5, 5.41) is 19.3. The number of phosphoric acid groups is 1. The first-order chi connectivity index (χ1) is 11.3. The van der Waals surface area contributed by atoms with E-state index >= 15 is 0 Å². The zero-order valence-electron chi connectivity index (χ0n) is 13.8. The first kappa shape index (κ1) is 23.2. The molecule has 0 spiro atoms. The van der Waals surface area contributed by atoms with Crippen LogP contribution in [0, 0.1) is 0 Å². The SMILES string of the molecule is O=c1cc(-c2ccccc2)oc2cc(O)c(OP(=O)([O-])[O-])c(O)c12.[Na+].[Na+]. The summed E-state index contributed by atoms with van der Waals surface area (Å²) in [7, 11) is -5.54. The summed E-state index contributed by atoms with van der Waals surface area (Å²) in [5.41, 5.74) is -0.321. The molecule has 0 aliphatic heterocycles. The topological polar surface area (TPSA) is 143 Å². The van der Waals surface area contributed by atoms with Crippen LogP contribution in [-0.2, 0) is 4.57 Å². The Bertz CT molecular complexity index is 1030. The van der Waals surface area contributed by atoms with Crippen LogP contribution in [-0.4, -0.2) is 10.2 Å². The number of phenols is 2. The molecule has 1 heterocycles. The molecule has 124 valence electrons. The number of rotatable bonds is 3. The third-order valence-electron chi connectivity index (χ3n) is 3.19. The molecule has 0 amide bonds. The quantitative estimate of drug-likeness (QED) is 0.332. The van der Waals surface area contributed by atoms with Crippen LogP contribution in [0.25, 0.3) is 22.3 Å². The first-order valence-corrected chi connectivity index (χ1v) is 8.02. The van der Waals surface area contributed by atoms with E-state index in [-0.39, 0.29) is 70.5 Å². The van der Waals surface area contributed by atoms with Crippen LogP contribution in [0.2, 0.25) is 0 Å². The maximum atomic E-state index is 12.2. The summed E-state index contributed by atoms with van der Waals surface area (Å²) in [6.45, 7) is 0. The average molecular weight is 394 g/mol. The van der Waals surface area contributed by atoms with Crippen molar-refractivity contribution in [2.75, 3.05) is 0 Å². The monoisotopic (exact) mass is 394 g/mol. The Kier molecular flexibility index (Phi) is 7.98. The van der Waals surface area contributed by atoms with Crippen molar-refractivity contribution in [2.45, 2.75) is 0 Å². The molecule has 0 fully saturated rings. The molecule has 2 N–H and O–H groups in total. The molecular weight excluding hydrogens is 385 g/mol. The number of fused-ring (bicyclic) bond motifs is 1. The fourth-order valence-electron chi connectivity index (χ4n) is 2.22. The fourth-order valence-corrected chi connectivity index (χ4v) is 2.62. The molecule has 3 aromatic rings. The summed E-state index contributed by atoms with van der Waals surface area (Å²) in [4.78, 5) is 33.6. The van der Waals surface area contributed by atoms with Gasteiger partial charge >= 0.3 is 59.1 Å². The normalized spacial score (nSPS) is 10.7. The van der Waals surface area contributed by atoms with E-state index < -0.39 is 35.9 Å². The minimum Gasteiger partial charge on any atom is -0.780 e. The van der Waals surface area contributed by atoms with Gasteiger partial charge in [0.15, 0.2) is 16.9 Å². The van der Waals surface area contributed by atoms with Crippen molar-refractivity contribution in [2.24, 2.45) is 0 Å². The van der Waals surface area contributed by atoms with E-state index in [4.69, 9.17) is 4.42 Å². The number of hydrogen-bond acceptors (Lipinski definition) is 8. The predicted molar refractivity (Wildman–Crippen MR) is 79.5 cm³/mol. The molecule has 3 rings (SSSR count). The van der Waals surface area contributed by atoms with Gasteiger partial charge in [-0.1, -0.05) is 30.3 Å². The van der Waals surface area contributed by atoms with Crippen LogP contribution in [0.15, 0.2) is 51.7 Å². The first-order valence-electron chi connectivity index (χ1n) is 6.56. The predicted octanol–water partition coefficient (Wildman–Crippen LogP) is -4.91. The van der Waals surface area contributed by atoms with Crippen molar-refractivity contribution < 1.29 is 92.6 Å². The molecular formula is C15H9Na2O8P. The van der Waals surface area contributed by atoms with E-state index in [1.54, 1.807) is 30.3 Å². The molecule has 26 heavy (non-hydrogen) atoms. The maximum absolute atomic E-state index is 12.2. The molecule has 11 heteroatoms. The summed E-state index contributed by atoms with van der Waals surface area (Å²) >= 11 is 0. The molecule has 0 atom stereocenters. The Morgan fingerprint density at radius 3 is 2.23 bits per heavy atom. The number of benzene rings is 2.